The minimum absolute atomic E-state index is 0. The van der Waals surface area contributed by atoms with E-state index in [0.29, 0.717) is 12.6 Å². The maximum absolute atomic E-state index is 13.2. The van der Waals surface area contributed by atoms with Gasteiger partial charge in [-0.25, -0.2) is 4.39 Å². The van der Waals surface area contributed by atoms with Gasteiger partial charge < -0.3 is 9.64 Å². The molecule has 2 aliphatic rings. The van der Waals surface area contributed by atoms with E-state index < -0.39 is 0 Å². The van der Waals surface area contributed by atoms with Gasteiger partial charge in [0.05, 0.1) is 5.69 Å². The van der Waals surface area contributed by atoms with Crippen LogP contribution in [0.1, 0.15) is 24.0 Å². The molecule has 1 unspecified atom stereocenters. The number of anilines is 2. The second-order valence-corrected chi connectivity index (χ2v) is 8.20. The summed E-state index contributed by atoms with van der Waals surface area (Å²) >= 11 is 0. The lowest BCUT2D eigenvalue weighted by atomic mass is 10.1. The summed E-state index contributed by atoms with van der Waals surface area (Å²) in [6, 6.07) is 24.3. The number of likely N-dealkylation sites (tertiary alicyclic amines) is 1. The van der Waals surface area contributed by atoms with Crippen molar-refractivity contribution in [2.75, 3.05) is 24.5 Å². The van der Waals surface area contributed by atoms with E-state index in [2.05, 4.69) is 52.3 Å². The maximum atomic E-state index is 13.2. The minimum Gasteiger partial charge on any atom is -0.487 e. The van der Waals surface area contributed by atoms with Gasteiger partial charge in [0, 0.05) is 30.4 Å². The molecule has 0 amide bonds. The van der Waals surface area contributed by atoms with Crippen molar-refractivity contribution in [3.05, 3.63) is 89.7 Å². The minimum atomic E-state index is -0.168. The zero-order chi connectivity index (χ0) is 20.3. The van der Waals surface area contributed by atoms with Gasteiger partial charge >= 0.3 is 0 Å². The number of hydrogen-bond donors (Lipinski definition) is 0. The Labute approximate surface area is 189 Å². The van der Waals surface area contributed by atoms with Gasteiger partial charge in [0.1, 0.15) is 18.2 Å². The van der Waals surface area contributed by atoms with E-state index in [4.69, 9.17) is 4.74 Å². The average Bonchev–Trinajstić information content (AvgIpc) is 3.16. The molecule has 0 saturated carbocycles. The Kier molecular flexibility index (Phi) is 6.79. The van der Waals surface area contributed by atoms with E-state index in [9.17, 15) is 4.39 Å². The largest absolute Gasteiger partial charge is 0.487 e. The van der Waals surface area contributed by atoms with E-state index in [0.717, 1.165) is 37.5 Å². The summed E-state index contributed by atoms with van der Waals surface area (Å²) < 4.78 is 19.3. The number of fused-ring (bicyclic) bond motifs is 2. The summed E-state index contributed by atoms with van der Waals surface area (Å²) in [6.07, 6.45) is 3.37. The topological polar surface area (TPSA) is 15.7 Å². The van der Waals surface area contributed by atoms with Gasteiger partial charge in [0.2, 0.25) is 0 Å². The molecular weight excluding hydrogens is 411 g/mol. The van der Waals surface area contributed by atoms with Crippen LogP contribution in [0, 0.1) is 5.82 Å². The van der Waals surface area contributed by atoms with Crippen LogP contribution in [0.15, 0.2) is 72.8 Å². The molecule has 5 heteroatoms. The fourth-order valence-corrected chi connectivity index (χ4v) is 4.71. The van der Waals surface area contributed by atoms with Crippen molar-refractivity contribution < 1.29 is 9.13 Å². The molecule has 0 bridgehead atoms. The van der Waals surface area contributed by atoms with E-state index in [-0.39, 0.29) is 18.2 Å². The van der Waals surface area contributed by atoms with Crippen LogP contribution in [0.25, 0.3) is 0 Å². The number of rotatable bonds is 5. The molecule has 0 N–H and O–H groups in total. The molecular formula is C26H28ClFN2O. The van der Waals surface area contributed by atoms with Gasteiger partial charge in [-0.15, -0.1) is 12.4 Å². The fraction of sp³-hybridized carbons (Fsp3) is 0.308. The van der Waals surface area contributed by atoms with Gasteiger partial charge in [0.15, 0.2) is 0 Å². The maximum Gasteiger partial charge on any atom is 0.143 e. The van der Waals surface area contributed by atoms with Crippen molar-refractivity contribution in [2.24, 2.45) is 0 Å². The van der Waals surface area contributed by atoms with Gasteiger partial charge in [-0.2, -0.15) is 0 Å². The molecule has 31 heavy (non-hydrogen) atoms. The molecule has 0 aromatic heterocycles. The van der Waals surface area contributed by atoms with Crippen molar-refractivity contribution >= 4 is 23.8 Å². The molecule has 0 radical (unpaired) electrons. The van der Waals surface area contributed by atoms with E-state index in [1.54, 1.807) is 12.1 Å². The summed E-state index contributed by atoms with van der Waals surface area (Å²) in [5, 5.41) is 0. The average molecular weight is 439 g/mol. The molecule has 3 nitrogen and oxygen atoms in total. The predicted molar refractivity (Wildman–Crippen MR) is 126 cm³/mol. The number of nitrogens with zero attached hydrogens (tertiary/aromatic N) is 2. The highest BCUT2D eigenvalue weighted by atomic mass is 35.5. The van der Waals surface area contributed by atoms with Crippen LogP contribution in [-0.2, 0) is 13.0 Å². The van der Waals surface area contributed by atoms with Crippen LogP contribution in [0.5, 0.6) is 5.75 Å². The second-order valence-electron chi connectivity index (χ2n) is 8.20. The van der Waals surface area contributed by atoms with Crippen LogP contribution >= 0.6 is 12.4 Å². The van der Waals surface area contributed by atoms with Crippen molar-refractivity contribution in [1.82, 2.24) is 4.90 Å². The summed E-state index contributed by atoms with van der Waals surface area (Å²) in [4.78, 5) is 5.04. The summed E-state index contributed by atoms with van der Waals surface area (Å²) in [7, 11) is 0. The van der Waals surface area contributed by atoms with Gasteiger partial charge in [-0.1, -0.05) is 42.5 Å². The summed E-state index contributed by atoms with van der Waals surface area (Å²) in [5.41, 5.74) is 4.81. The lowest BCUT2D eigenvalue weighted by molar-refractivity contribution is 0.261. The van der Waals surface area contributed by atoms with E-state index >= 15 is 0 Å². The van der Waals surface area contributed by atoms with Crippen LogP contribution in [0.3, 0.4) is 0 Å². The first-order valence-electron chi connectivity index (χ1n) is 10.8. The first kappa shape index (κ1) is 21.7. The third kappa shape index (κ3) is 4.70. The Morgan fingerprint density at radius 2 is 1.65 bits per heavy atom. The fourth-order valence-electron chi connectivity index (χ4n) is 4.71. The Bertz CT molecular complexity index is 963. The van der Waals surface area contributed by atoms with Crippen molar-refractivity contribution in [2.45, 2.75) is 31.9 Å². The normalized spacial score (nSPS) is 17.8. The molecule has 2 aliphatic heterocycles. The van der Waals surface area contributed by atoms with Crippen molar-refractivity contribution in [3.63, 3.8) is 0 Å². The first-order chi connectivity index (χ1) is 14.8. The Balaban J connectivity index is 0.00000231. The number of benzene rings is 3. The van der Waals surface area contributed by atoms with Crippen LogP contribution < -0.4 is 9.64 Å². The van der Waals surface area contributed by atoms with Gasteiger partial charge in [-0.3, -0.25) is 4.90 Å². The molecule has 162 valence electrons. The van der Waals surface area contributed by atoms with Gasteiger partial charge in [-0.05, 0) is 61.7 Å². The van der Waals surface area contributed by atoms with Crippen LogP contribution in [0.2, 0.25) is 0 Å². The first-order valence-corrected chi connectivity index (χ1v) is 10.8. The number of para-hydroxylation sites is 3. The molecule has 3 aromatic carbocycles. The molecule has 1 atom stereocenters. The highest BCUT2D eigenvalue weighted by molar-refractivity contribution is 5.85. The highest BCUT2D eigenvalue weighted by Crippen LogP contribution is 2.40. The van der Waals surface area contributed by atoms with E-state index in [1.807, 2.05) is 18.2 Å². The third-order valence-electron chi connectivity index (χ3n) is 6.31. The molecule has 3 aromatic rings. The molecule has 0 aliphatic carbocycles. The predicted octanol–water partition coefficient (Wildman–Crippen LogP) is 5.99. The highest BCUT2D eigenvalue weighted by Gasteiger charge is 2.29. The Hall–Kier alpha value is -2.56. The smallest absolute Gasteiger partial charge is 0.143 e. The van der Waals surface area contributed by atoms with Crippen molar-refractivity contribution in [3.8, 4) is 5.75 Å². The molecule has 2 heterocycles. The number of hydrogen-bond acceptors (Lipinski definition) is 3. The SMILES string of the molecule is Cl.Fc1ccc(CCN2CCCC2CN2c3ccccc3COc3ccccc32)cc1. The van der Waals surface area contributed by atoms with Crippen LogP contribution in [0.4, 0.5) is 15.8 Å². The number of ether oxygens (including phenoxy) is 1. The Morgan fingerprint density at radius 3 is 2.48 bits per heavy atom. The zero-order valence-corrected chi connectivity index (χ0v) is 18.4. The number of halogens is 2. The Morgan fingerprint density at radius 1 is 0.903 bits per heavy atom. The monoisotopic (exact) mass is 438 g/mol. The van der Waals surface area contributed by atoms with Gasteiger partial charge in [0.25, 0.3) is 0 Å². The zero-order valence-electron chi connectivity index (χ0n) is 17.5. The molecule has 1 saturated heterocycles. The summed E-state index contributed by atoms with van der Waals surface area (Å²) in [6.45, 7) is 3.67. The van der Waals surface area contributed by atoms with Crippen LogP contribution in [-0.4, -0.2) is 30.6 Å². The second kappa shape index (κ2) is 9.71. The van der Waals surface area contributed by atoms with E-state index in [1.165, 1.54) is 29.7 Å². The quantitative estimate of drug-likeness (QED) is 0.487. The molecule has 5 rings (SSSR count). The molecule has 0 spiro atoms. The standard InChI is InChI=1S/C26H27FN2O.ClH/c27-22-13-11-20(12-14-22)15-17-28-16-5-7-23(28)18-29-24-8-2-1-6-21(24)19-30-26-10-4-3-9-25(26)29;/h1-4,6,8-14,23H,5,7,15-19H2;1H. The lowest BCUT2D eigenvalue weighted by Crippen LogP contribution is -2.39. The van der Waals surface area contributed by atoms with Crippen molar-refractivity contribution in [1.29, 1.82) is 0 Å². The molecule has 1 fully saturated rings. The summed E-state index contributed by atoms with van der Waals surface area (Å²) in [5.74, 6) is 0.781. The lowest BCUT2D eigenvalue weighted by Gasteiger charge is -2.32. The third-order valence-corrected chi connectivity index (χ3v) is 6.31.